The number of pyridine rings is 1. The van der Waals surface area contributed by atoms with Gasteiger partial charge in [0.05, 0.1) is 5.02 Å². The average molecular weight is 570 g/mol. The van der Waals surface area contributed by atoms with Gasteiger partial charge in [0.15, 0.2) is 12.6 Å². The number of hydrogen-bond donors (Lipinski definition) is 2. The Kier molecular flexibility index (Phi) is 9.48. The van der Waals surface area contributed by atoms with Crippen LogP contribution in [0.25, 0.3) is 0 Å². The van der Waals surface area contributed by atoms with Crippen LogP contribution in [-0.2, 0) is 6.54 Å². The van der Waals surface area contributed by atoms with E-state index in [1.807, 2.05) is 6.07 Å². The van der Waals surface area contributed by atoms with Gasteiger partial charge in [-0.1, -0.05) is 23.7 Å². The van der Waals surface area contributed by atoms with Crippen molar-refractivity contribution in [3.63, 3.8) is 0 Å². The lowest BCUT2D eigenvalue weighted by atomic mass is 10.2. The molecule has 1 atom stereocenters. The third-order valence-corrected chi connectivity index (χ3v) is 4.87. The highest BCUT2D eigenvalue weighted by atomic mass is 127. The molecule has 2 aromatic rings. The van der Waals surface area contributed by atoms with E-state index in [-0.39, 0.29) is 35.8 Å². The maximum absolute atomic E-state index is 12.2. The molecular weight excluding hydrogens is 546 g/mol. The number of anilines is 1. The monoisotopic (exact) mass is 569 g/mol. The van der Waals surface area contributed by atoms with E-state index in [0.29, 0.717) is 17.5 Å². The summed E-state index contributed by atoms with van der Waals surface area (Å²) in [4.78, 5) is 10.7. The van der Waals surface area contributed by atoms with Crippen molar-refractivity contribution in [1.82, 2.24) is 15.6 Å². The number of benzene rings is 1. The van der Waals surface area contributed by atoms with Crippen molar-refractivity contribution in [2.45, 2.75) is 25.2 Å². The zero-order valence-corrected chi connectivity index (χ0v) is 19.9. The maximum atomic E-state index is 12.2. The van der Waals surface area contributed by atoms with E-state index in [2.05, 4.69) is 25.5 Å². The van der Waals surface area contributed by atoms with Gasteiger partial charge in [-0.25, -0.2) is 4.98 Å². The Balaban J connectivity index is 0.00000341. The van der Waals surface area contributed by atoms with Gasteiger partial charge in [0.2, 0.25) is 0 Å². The summed E-state index contributed by atoms with van der Waals surface area (Å²) in [6, 6.07) is 10.3. The topological polar surface area (TPSA) is 61.8 Å². The Hall–Kier alpha value is -1.95. The molecular formula is C20H24ClF3IN5O. The van der Waals surface area contributed by atoms with E-state index in [4.69, 9.17) is 16.3 Å². The molecule has 170 valence electrons. The number of ether oxygens (including phenoxy) is 1. The van der Waals surface area contributed by atoms with Crippen LogP contribution >= 0.6 is 35.6 Å². The van der Waals surface area contributed by atoms with Crippen molar-refractivity contribution in [2.75, 3.05) is 31.6 Å². The van der Waals surface area contributed by atoms with E-state index in [9.17, 15) is 13.2 Å². The summed E-state index contributed by atoms with van der Waals surface area (Å²) in [7, 11) is 1.69. The van der Waals surface area contributed by atoms with Crippen LogP contribution in [0.1, 0.15) is 12.0 Å². The number of halogens is 5. The third kappa shape index (κ3) is 7.91. The molecule has 1 unspecified atom stereocenters. The van der Waals surface area contributed by atoms with Gasteiger partial charge in [0.25, 0.3) is 0 Å². The molecule has 2 heterocycles. The highest BCUT2D eigenvalue weighted by molar-refractivity contribution is 14.0. The molecule has 3 rings (SSSR count). The zero-order valence-electron chi connectivity index (χ0n) is 16.8. The van der Waals surface area contributed by atoms with Gasteiger partial charge in [-0.15, -0.1) is 24.0 Å². The van der Waals surface area contributed by atoms with Crippen molar-refractivity contribution in [3.05, 3.63) is 53.2 Å². The number of aliphatic imine (C=N–C) groups is 1. The molecule has 1 saturated heterocycles. The number of alkyl halides is 3. The molecule has 0 amide bonds. The number of nitrogens with one attached hydrogen (secondary N) is 2. The van der Waals surface area contributed by atoms with Crippen LogP contribution in [0.3, 0.4) is 0 Å². The normalized spacial score (nSPS) is 16.6. The zero-order chi connectivity index (χ0) is 21.6. The van der Waals surface area contributed by atoms with Crippen molar-refractivity contribution < 1.29 is 17.9 Å². The fraction of sp³-hybridized carbons (Fsp3) is 0.400. The quantitative estimate of drug-likeness (QED) is 0.310. The first kappa shape index (κ1) is 25.3. The lowest BCUT2D eigenvalue weighted by Crippen LogP contribution is -2.44. The molecule has 0 radical (unpaired) electrons. The largest absolute Gasteiger partial charge is 0.484 e. The molecule has 11 heteroatoms. The lowest BCUT2D eigenvalue weighted by Gasteiger charge is -2.20. The van der Waals surface area contributed by atoms with Crippen molar-refractivity contribution in [2.24, 2.45) is 4.99 Å². The first-order chi connectivity index (χ1) is 14.3. The molecule has 6 nitrogen and oxygen atoms in total. The number of rotatable bonds is 6. The van der Waals surface area contributed by atoms with Gasteiger partial charge in [-0.2, -0.15) is 13.2 Å². The molecule has 1 aromatic heterocycles. The van der Waals surface area contributed by atoms with E-state index in [1.54, 1.807) is 31.4 Å². The second kappa shape index (κ2) is 11.6. The predicted molar refractivity (Wildman–Crippen MR) is 127 cm³/mol. The average Bonchev–Trinajstić information content (AvgIpc) is 3.18. The van der Waals surface area contributed by atoms with Crippen LogP contribution in [0.15, 0.2) is 47.6 Å². The highest BCUT2D eigenvalue weighted by Crippen LogP contribution is 2.25. The fourth-order valence-electron chi connectivity index (χ4n) is 3.12. The van der Waals surface area contributed by atoms with Crippen LogP contribution in [-0.4, -0.2) is 49.9 Å². The Bertz CT molecular complexity index is 867. The van der Waals surface area contributed by atoms with Gasteiger partial charge in [0, 0.05) is 38.9 Å². The van der Waals surface area contributed by atoms with Crippen LogP contribution in [0.5, 0.6) is 5.75 Å². The summed E-state index contributed by atoms with van der Waals surface area (Å²) >= 11 is 6.23. The second-order valence-electron chi connectivity index (χ2n) is 6.86. The molecule has 0 bridgehead atoms. The van der Waals surface area contributed by atoms with Gasteiger partial charge >= 0.3 is 6.18 Å². The summed E-state index contributed by atoms with van der Waals surface area (Å²) in [5.74, 6) is 1.60. The first-order valence-corrected chi connectivity index (χ1v) is 9.83. The van der Waals surface area contributed by atoms with Crippen LogP contribution in [0, 0.1) is 0 Å². The summed E-state index contributed by atoms with van der Waals surface area (Å²) in [5, 5.41) is 7.22. The highest BCUT2D eigenvalue weighted by Gasteiger charge is 2.28. The molecule has 0 spiro atoms. The minimum absolute atomic E-state index is 0. The van der Waals surface area contributed by atoms with Crippen molar-refractivity contribution >= 4 is 47.4 Å². The van der Waals surface area contributed by atoms with Crippen LogP contribution < -0.4 is 20.3 Å². The summed E-state index contributed by atoms with van der Waals surface area (Å²) < 4.78 is 41.3. The van der Waals surface area contributed by atoms with Gasteiger partial charge < -0.3 is 20.3 Å². The summed E-state index contributed by atoms with van der Waals surface area (Å²) in [5.41, 5.74) is 0.894. The Morgan fingerprint density at radius 3 is 2.68 bits per heavy atom. The van der Waals surface area contributed by atoms with E-state index >= 15 is 0 Å². The molecule has 1 aliphatic rings. The van der Waals surface area contributed by atoms with E-state index in [1.165, 1.54) is 12.1 Å². The van der Waals surface area contributed by atoms with Crippen molar-refractivity contribution in [3.8, 4) is 5.75 Å². The number of hydrogen-bond acceptors (Lipinski definition) is 4. The van der Waals surface area contributed by atoms with Crippen molar-refractivity contribution in [1.29, 1.82) is 0 Å². The van der Waals surface area contributed by atoms with E-state index < -0.39 is 12.8 Å². The minimum Gasteiger partial charge on any atom is -0.484 e. The van der Waals surface area contributed by atoms with Crippen LogP contribution in [0.4, 0.5) is 19.0 Å². The third-order valence-electron chi connectivity index (χ3n) is 4.58. The van der Waals surface area contributed by atoms with Gasteiger partial charge in [-0.3, -0.25) is 4.99 Å². The summed E-state index contributed by atoms with van der Waals surface area (Å²) in [6.45, 7) is 0.762. The molecule has 1 aliphatic heterocycles. The Morgan fingerprint density at radius 2 is 2.03 bits per heavy atom. The smallest absolute Gasteiger partial charge is 0.422 e. The second-order valence-corrected chi connectivity index (χ2v) is 7.27. The number of guanidine groups is 1. The predicted octanol–water partition coefficient (Wildman–Crippen LogP) is 4.24. The Labute approximate surface area is 201 Å². The Morgan fingerprint density at radius 1 is 1.29 bits per heavy atom. The summed E-state index contributed by atoms with van der Waals surface area (Å²) in [6.07, 6.45) is -1.71. The number of nitrogens with zero attached hydrogens (tertiary/aromatic N) is 3. The molecule has 0 saturated carbocycles. The molecule has 1 aromatic carbocycles. The van der Waals surface area contributed by atoms with E-state index in [0.717, 1.165) is 30.9 Å². The fourth-order valence-corrected chi connectivity index (χ4v) is 3.36. The number of aromatic nitrogens is 1. The molecule has 0 aliphatic carbocycles. The molecule has 31 heavy (non-hydrogen) atoms. The SMILES string of the molecule is CN=C(NCc1ccc(OCC(F)(F)F)cc1)NC1CCN(c2ncccc2Cl)C1.I. The standard InChI is InChI=1S/C20H23ClF3N5O.HI/c1-25-19(27-11-14-4-6-16(7-5-14)30-13-20(22,23)24)28-15-8-10-29(12-15)18-17(21)3-2-9-26-18;/h2-7,9,15H,8,10-13H2,1H3,(H2,25,27,28);1H. The molecule has 1 fully saturated rings. The molecule has 2 N–H and O–H groups in total. The minimum atomic E-state index is -4.35. The van der Waals surface area contributed by atoms with Gasteiger partial charge in [-0.05, 0) is 36.2 Å². The maximum Gasteiger partial charge on any atom is 0.422 e. The first-order valence-electron chi connectivity index (χ1n) is 9.45. The lowest BCUT2D eigenvalue weighted by molar-refractivity contribution is -0.153. The van der Waals surface area contributed by atoms with Crippen LogP contribution in [0.2, 0.25) is 5.02 Å². The van der Waals surface area contributed by atoms with Gasteiger partial charge in [0.1, 0.15) is 11.6 Å².